The maximum Gasteiger partial charge on any atom is 0.253 e. The lowest BCUT2D eigenvalue weighted by Gasteiger charge is -2.23. The summed E-state index contributed by atoms with van der Waals surface area (Å²) in [6.45, 7) is 3.02. The Kier molecular flexibility index (Phi) is 4.65. The van der Waals surface area contributed by atoms with Crippen LogP contribution >= 0.6 is 0 Å². The molecule has 1 amide bonds. The number of anilines is 1. The first kappa shape index (κ1) is 17.3. The van der Waals surface area contributed by atoms with Crippen LogP contribution in [0.25, 0.3) is 11.1 Å². The van der Waals surface area contributed by atoms with Crippen molar-refractivity contribution in [3.8, 4) is 16.9 Å². The van der Waals surface area contributed by atoms with Crippen LogP contribution in [0.3, 0.4) is 0 Å². The van der Waals surface area contributed by atoms with E-state index in [1.165, 1.54) is 5.56 Å². The van der Waals surface area contributed by atoms with Gasteiger partial charge in [-0.1, -0.05) is 48.0 Å². The molecule has 4 nitrogen and oxygen atoms in total. The number of rotatable bonds is 3. The highest BCUT2D eigenvalue weighted by molar-refractivity contribution is 5.96. The summed E-state index contributed by atoms with van der Waals surface area (Å²) in [7, 11) is 0. The van der Waals surface area contributed by atoms with E-state index in [-0.39, 0.29) is 18.3 Å². The Morgan fingerprint density at radius 3 is 2.52 bits per heavy atom. The third-order valence-electron chi connectivity index (χ3n) is 4.80. The van der Waals surface area contributed by atoms with Gasteiger partial charge in [0.05, 0.1) is 13.2 Å². The second-order valence-corrected chi connectivity index (χ2v) is 6.85. The van der Waals surface area contributed by atoms with Gasteiger partial charge in [-0.15, -0.1) is 0 Å². The number of carbonyl (C=O) groups is 1. The number of phenols is 1. The van der Waals surface area contributed by atoms with Crippen LogP contribution < -0.4 is 4.90 Å². The normalized spacial score (nSPS) is 14.0. The topological polar surface area (TPSA) is 49.8 Å². The fraction of sp³-hybridized carbons (Fsp3) is 0.174. The van der Waals surface area contributed by atoms with E-state index in [2.05, 4.69) is 24.3 Å². The average molecular weight is 359 g/mol. The van der Waals surface area contributed by atoms with E-state index in [0.717, 1.165) is 27.9 Å². The molecule has 27 heavy (non-hydrogen) atoms. The Bertz CT molecular complexity index is 979. The maximum absolute atomic E-state index is 12.6. The van der Waals surface area contributed by atoms with Crippen LogP contribution in [0.1, 0.15) is 16.7 Å². The molecule has 0 atom stereocenters. The molecule has 1 N–H and O–H groups in total. The van der Waals surface area contributed by atoms with Crippen molar-refractivity contribution in [2.75, 3.05) is 11.5 Å². The summed E-state index contributed by atoms with van der Waals surface area (Å²) in [5.41, 5.74) is 6.03. The molecule has 0 saturated heterocycles. The molecule has 3 aromatic rings. The molecule has 1 heterocycles. The van der Waals surface area contributed by atoms with E-state index in [4.69, 9.17) is 4.74 Å². The zero-order valence-corrected chi connectivity index (χ0v) is 15.2. The van der Waals surface area contributed by atoms with Gasteiger partial charge in [0.1, 0.15) is 12.4 Å². The number of carbonyl (C=O) groups excluding carboxylic acids is 1. The van der Waals surface area contributed by atoms with Gasteiger partial charge in [0.15, 0.2) is 0 Å². The Morgan fingerprint density at radius 2 is 1.74 bits per heavy atom. The monoisotopic (exact) mass is 359 g/mol. The summed E-state index contributed by atoms with van der Waals surface area (Å²) in [4.78, 5) is 14.4. The zero-order chi connectivity index (χ0) is 18.8. The average Bonchev–Trinajstić information content (AvgIpc) is 2.82. The second-order valence-electron chi connectivity index (χ2n) is 6.85. The van der Waals surface area contributed by atoms with Gasteiger partial charge in [0.2, 0.25) is 0 Å². The molecule has 0 fully saturated rings. The van der Waals surface area contributed by atoms with Crippen molar-refractivity contribution in [1.82, 2.24) is 0 Å². The number of hydrogen-bond acceptors (Lipinski definition) is 3. The molecule has 0 spiro atoms. The first-order valence-corrected chi connectivity index (χ1v) is 8.96. The Hall–Kier alpha value is -3.11. The van der Waals surface area contributed by atoms with E-state index < -0.39 is 0 Å². The summed E-state index contributed by atoms with van der Waals surface area (Å²) in [5.74, 6) is 0.189. The largest absolute Gasteiger partial charge is 0.508 e. The lowest BCUT2D eigenvalue weighted by molar-refractivity contribution is -0.123. The molecule has 1 aliphatic heterocycles. The highest BCUT2D eigenvalue weighted by Crippen LogP contribution is 2.32. The number of benzene rings is 3. The van der Waals surface area contributed by atoms with Crippen molar-refractivity contribution in [3.05, 3.63) is 83.4 Å². The molecule has 0 bridgehead atoms. The lowest BCUT2D eigenvalue weighted by atomic mass is 10.0. The fourth-order valence-corrected chi connectivity index (χ4v) is 3.34. The van der Waals surface area contributed by atoms with E-state index in [1.54, 1.807) is 17.0 Å². The van der Waals surface area contributed by atoms with Gasteiger partial charge in [-0.25, -0.2) is 0 Å². The molecule has 0 saturated carbocycles. The molecular formula is C23H21NO3. The summed E-state index contributed by atoms with van der Waals surface area (Å²) >= 11 is 0. The number of hydrogen-bond donors (Lipinski definition) is 1. The van der Waals surface area contributed by atoms with Crippen molar-refractivity contribution in [2.24, 2.45) is 0 Å². The molecule has 1 aliphatic rings. The maximum atomic E-state index is 12.6. The Morgan fingerprint density at radius 1 is 0.963 bits per heavy atom. The fourth-order valence-electron chi connectivity index (χ4n) is 3.34. The number of aryl methyl sites for hydroxylation is 1. The Balaban J connectivity index is 1.70. The number of phenolic OH excluding ortho intramolecular Hbond substituents is 1. The summed E-state index contributed by atoms with van der Waals surface area (Å²) in [5, 5.41) is 9.74. The predicted octanol–water partition coefficient (Wildman–Crippen LogP) is 4.43. The van der Waals surface area contributed by atoms with E-state index in [1.807, 2.05) is 37.3 Å². The van der Waals surface area contributed by atoms with Crippen molar-refractivity contribution in [1.29, 1.82) is 0 Å². The zero-order valence-electron chi connectivity index (χ0n) is 15.2. The van der Waals surface area contributed by atoms with Crippen LogP contribution in [0.15, 0.2) is 66.7 Å². The van der Waals surface area contributed by atoms with Crippen molar-refractivity contribution < 1.29 is 14.6 Å². The van der Waals surface area contributed by atoms with E-state index >= 15 is 0 Å². The number of ether oxygens (including phenoxy) is 1. The van der Waals surface area contributed by atoms with Gasteiger partial charge in [-0.05, 0) is 47.9 Å². The van der Waals surface area contributed by atoms with Gasteiger partial charge in [0.25, 0.3) is 5.91 Å². The molecule has 0 unspecified atom stereocenters. The molecule has 0 aromatic heterocycles. The number of aromatic hydroxyl groups is 1. The third kappa shape index (κ3) is 3.71. The molecule has 3 aromatic carbocycles. The first-order chi connectivity index (χ1) is 13.1. The molecule has 0 radical (unpaired) electrons. The molecule has 136 valence electrons. The molecule has 0 aliphatic carbocycles. The quantitative estimate of drug-likeness (QED) is 0.753. The van der Waals surface area contributed by atoms with Crippen LogP contribution in [0, 0.1) is 6.92 Å². The second kappa shape index (κ2) is 7.25. The molecule has 4 heteroatoms. The Labute approximate surface area is 158 Å². The highest BCUT2D eigenvalue weighted by atomic mass is 16.5. The highest BCUT2D eigenvalue weighted by Gasteiger charge is 2.23. The van der Waals surface area contributed by atoms with Gasteiger partial charge in [-0.2, -0.15) is 0 Å². The molecule has 4 rings (SSSR count). The first-order valence-electron chi connectivity index (χ1n) is 8.96. The number of amides is 1. The summed E-state index contributed by atoms with van der Waals surface area (Å²) < 4.78 is 5.59. The number of fused-ring (bicyclic) bond motifs is 1. The van der Waals surface area contributed by atoms with Crippen LogP contribution in [-0.2, 0) is 22.7 Å². The van der Waals surface area contributed by atoms with Gasteiger partial charge < -0.3 is 14.7 Å². The lowest BCUT2D eigenvalue weighted by Crippen LogP contribution is -2.32. The summed E-state index contributed by atoms with van der Waals surface area (Å²) in [6, 6.07) is 21.3. The smallest absolute Gasteiger partial charge is 0.253 e. The standard InChI is InChI=1S/C23H21NO3/c1-16-5-7-17(8-6-16)13-24-22-10-9-19(18-3-2-4-21(25)12-18)11-20(22)14-27-15-23(24)26/h2-12,25H,13-15H2,1H3. The van der Waals surface area contributed by atoms with Crippen LogP contribution in [0.4, 0.5) is 5.69 Å². The van der Waals surface area contributed by atoms with Crippen LogP contribution in [0.5, 0.6) is 5.75 Å². The van der Waals surface area contributed by atoms with Crippen molar-refractivity contribution in [3.63, 3.8) is 0 Å². The van der Waals surface area contributed by atoms with Crippen LogP contribution in [0.2, 0.25) is 0 Å². The molecular weight excluding hydrogens is 338 g/mol. The van der Waals surface area contributed by atoms with E-state index in [9.17, 15) is 9.90 Å². The minimum Gasteiger partial charge on any atom is -0.508 e. The van der Waals surface area contributed by atoms with Gasteiger partial charge in [0, 0.05) is 11.3 Å². The summed E-state index contributed by atoms with van der Waals surface area (Å²) in [6.07, 6.45) is 0. The van der Waals surface area contributed by atoms with Crippen LogP contribution in [-0.4, -0.2) is 17.6 Å². The van der Waals surface area contributed by atoms with E-state index in [0.29, 0.717) is 13.2 Å². The van der Waals surface area contributed by atoms with Crippen molar-refractivity contribution in [2.45, 2.75) is 20.1 Å². The SMILES string of the molecule is Cc1ccc(CN2C(=O)COCc3cc(-c4cccc(O)c4)ccc32)cc1. The predicted molar refractivity (Wildman–Crippen MR) is 106 cm³/mol. The minimum absolute atomic E-state index is 0.0422. The van der Waals surface area contributed by atoms with Gasteiger partial charge >= 0.3 is 0 Å². The van der Waals surface area contributed by atoms with Crippen molar-refractivity contribution >= 4 is 11.6 Å². The van der Waals surface area contributed by atoms with Gasteiger partial charge in [-0.3, -0.25) is 4.79 Å². The number of nitrogens with zero attached hydrogens (tertiary/aromatic N) is 1. The third-order valence-corrected chi connectivity index (χ3v) is 4.80. The minimum atomic E-state index is -0.0422.